The molecule has 1 aliphatic rings. The number of carbonyl (C=O) groups is 2. The van der Waals surface area contributed by atoms with Crippen molar-refractivity contribution in [1.29, 1.82) is 0 Å². The highest BCUT2D eigenvalue weighted by molar-refractivity contribution is 6.01. The second kappa shape index (κ2) is 10.8. The van der Waals surface area contributed by atoms with Gasteiger partial charge in [-0.2, -0.15) is 0 Å². The third-order valence-electron chi connectivity index (χ3n) is 4.87. The molecule has 0 radical (unpaired) electrons. The minimum atomic E-state index is -0.505. The second-order valence-corrected chi connectivity index (χ2v) is 6.66. The van der Waals surface area contributed by atoms with E-state index >= 15 is 0 Å². The van der Waals surface area contributed by atoms with Crippen LogP contribution in [0.1, 0.15) is 27.6 Å². The number of nitrogens with zero attached hydrogens (tertiary/aromatic N) is 2. The first-order valence-electron chi connectivity index (χ1n) is 9.53. The molecule has 0 spiro atoms. The molecule has 0 N–H and O–H groups in total. The van der Waals surface area contributed by atoms with E-state index in [1.54, 1.807) is 18.2 Å². The highest BCUT2D eigenvalue weighted by atomic mass is 35.5. The van der Waals surface area contributed by atoms with E-state index in [4.69, 9.17) is 9.47 Å². The zero-order chi connectivity index (χ0) is 19.9. The Bertz CT molecular complexity index is 821. The Kier molecular flexibility index (Phi) is 8.49. The van der Waals surface area contributed by atoms with Gasteiger partial charge in [0.15, 0.2) is 5.78 Å². The Balaban J connectivity index is 0.00000300. The van der Waals surface area contributed by atoms with Crippen LogP contribution >= 0.6 is 12.4 Å². The third kappa shape index (κ3) is 5.71. The quantitative estimate of drug-likeness (QED) is 0.508. The van der Waals surface area contributed by atoms with Crippen LogP contribution in [0.2, 0.25) is 0 Å². The van der Waals surface area contributed by atoms with E-state index in [0.717, 1.165) is 26.2 Å². The first-order valence-corrected chi connectivity index (χ1v) is 9.53. The standard InChI is InChI=1S/C22H26N2O4.ClH/c1-3-28-21-10-9-17(15-19(21)22(26)27-2)20(25)16-23-11-13-24(14-12-23)18-7-5-4-6-8-18;/h4-10,15H,3,11-14,16H2,1-2H3;1H. The molecule has 156 valence electrons. The Labute approximate surface area is 177 Å². The summed E-state index contributed by atoms with van der Waals surface area (Å²) in [5, 5.41) is 0. The van der Waals surface area contributed by atoms with Gasteiger partial charge in [-0.15, -0.1) is 12.4 Å². The maximum atomic E-state index is 12.7. The molecule has 2 aromatic rings. The second-order valence-electron chi connectivity index (χ2n) is 6.66. The van der Waals surface area contributed by atoms with E-state index in [0.29, 0.717) is 24.5 Å². The van der Waals surface area contributed by atoms with Crippen molar-refractivity contribution in [2.45, 2.75) is 6.92 Å². The molecule has 0 unspecified atom stereocenters. The van der Waals surface area contributed by atoms with Crippen LogP contribution in [0.5, 0.6) is 5.75 Å². The summed E-state index contributed by atoms with van der Waals surface area (Å²) in [5.41, 5.74) is 1.99. The lowest BCUT2D eigenvalue weighted by Gasteiger charge is -2.35. The molecule has 0 aliphatic carbocycles. The molecule has 6 nitrogen and oxygen atoms in total. The van der Waals surface area contributed by atoms with Crippen LogP contribution < -0.4 is 9.64 Å². The van der Waals surface area contributed by atoms with Crippen molar-refractivity contribution in [3.63, 3.8) is 0 Å². The molecule has 1 aliphatic heterocycles. The highest BCUT2D eigenvalue weighted by Crippen LogP contribution is 2.22. The lowest BCUT2D eigenvalue weighted by molar-refractivity contribution is 0.0596. The number of piperazine rings is 1. The first-order chi connectivity index (χ1) is 13.6. The maximum Gasteiger partial charge on any atom is 0.341 e. The topological polar surface area (TPSA) is 59.1 Å². The van der Waals surface area contributed by atoms with E-state index in [2.05, 4.69) is 21.9 Å². The molecule has 0 saturated carbocycles. The number of anilines is 1. The average molecular weight is 419 g/mol. The molecular weight excluding hydrogens is 392 g/mol. The summed E-state index contributed by atoms with van der Waals surface area (Å²) < 4.78 is 10.3. The van der Waals surface area contributed by atoms with Crippen molar-refractivity contribution in [3.05, 3.63) is 59.7 Å². The Morgan fingerprint density at radius 2 is 1.69 bits per heavy atom. The number of carbonyl (C=O) groups excluding carboxylic acids is 2. The highest BCUT2D eigenvalue weighted by Gasteiger charge is 2.21. The molecule has 0 aromatic heterocycles. The fourth-order valence-electron chi connectivity index (χ4n) is 3.35. The van der Waals surface area contributed by atoms with Crippen molar-refractivity contribution in [2.24, 2.45) is 0 Å². The minimum absolute atomic E-state index is 0. The Hall–Kier alpha value is -2.57. The van der Waals surface area contributed by atoms with Crippen LogP contribution in [0, 0.1) is 0 Å². The minimum Gasteiger partial charge on any atom is -0.493 e. The molecule has 1 fully saturated rings. The number of halogens is 1. The van der Waals surface area contributed by atoms with Gasteiger partial charge in [0.2, 0.25) is 0 Å². The van der Waals surface area contributed by atoms with E-state index < -0.39 is 5.97 Å². The van der Waals surface area contributed by atoms with E-state index in [1.165, 1.54) is 12.8 Å². The van der Waals surface area contributed by atoms with Crippen LogP contribution in [-0.4, -0.2) is 63.1 Å². The van der Waals surface area contributed by atoms with Gasteiger partial charge >= 0.3 is 5.97 Å². The molecular formula is C22H27ClN2O4. The number of hydrogen-bond donors (Lipinski definition) is 0. The van der Waals surface area contributed by atoms with Crippen LogP contribution in [0.25, 0.3) is 0 Å². The predicted octanol–water partition coefficient (Wildman–Crippen LogP) is 3.30. The molecule has 0 atom stereocenters. The van der Waals surface area contributed by atoms with Gasteiger partial charge in [-0.3, -0.25) is 9.69 Å². The van der Waals surface area contributed by atoms with Crippen molar-refractivity contribution < 1.29 is 19.1 Å². The number of ether oxygens (including phenoxy) is 2. The zero-order valence-electron chi connectivity index (χ0n) is 16.8. The van der Waals surface area contributed by atoms with Crippen LogP contribution in [0.3, 0.4) is 0 Å². The van der Waals surface area contributed by atoms with Crippen molar-refractivity contribution in [1.82, 2.24) is 4.90 Å². The maximum absolute atomic E-state index is 12.7. The number of methoxy groups -OCH3 is 1. The molecule has 1 heterocycles. The van der Waals surface area contributed by atoms with Gasteiger partial charge in [-0.05, 0) is 37.3 Å². The SMILES string of the molecule is CCOc1ccc(C(=O)CN2CCN(c3ccccc3)CC2)cc1C(=O)OC.Cl. The lowest BCUT2D eigenvalue weighted by Crippen LogP contribution is -2.48. The molecule has 1 saturated heterocycles. The first kappa shape index (κ1) is 22.7. The summed E-state index contributed by atoms with van der Waals surface area (Å²) in [4.78, 5) is 29.2. The van der Waals surface area contributed by atoms with E-state index in [-0.39, 0.29) is 23.8 Å². The summed E-state index contributed by atoms with van der Waals surface area (Å²) in [7, 11) is 1.32. The summed E-state index contributed by atoms with van der Waals surface area (Å²) in [6.07, 6.45) is 0. The number of Topliss-reactive ketones (excluding diaryl/α,β-unsaturated/α-hetero) is 1. The number of benzene rings is 2. The van der Waals surface area contributed by atoms with Gasteiger partial charge in [0.1, 0.15) is 11.3 Å². The Morgan fingerprint density at radius 1 is 1.00 bits per heavy atom. The Morgan fingerprint density at radius 3 is 2.31 bits per heavy atom. The molecule has 0 bridgehead atoms. The molecule has 0 amide bonds. The van der Waals surface area contributed by atoms with Crippen LogP contribution in [0.4, 0.5) is 5.69 Å². The van der Waals surface area contributed by atoms with Crippen molar-refractivity contribution in [2.75, 3.05) is 51.3 Å². The largest absolute Gasteiger partial charge is 0.493 e. The molecule has 2 aromatic carbocycles. The number of hydrogen-bond acceptors (Lipinski definition) is 6. The molecule has 7 heteroatoms. The molecule has 29 heavy (non-hydrogen) atoms. The number of esters is 1. The van der Waals surface area contributed by atoms with Gasteiger partial charge in [-0.25, -0.2) is 4.79 Å². The zero-order valence-corrected chi connectivity index (χ0v) is 17.6. The van der Waals surface area contributed by atoms with Gasteiger partial charge in [0.25, 0.3) is 0 Å². The molecule has 3 rings (SSSR count). The summed E-state index contributed by atoms with van der Waals surface area (Å²) in [5.74, 6) is -0.0849. The average Bonchev–Trinajstić information content (AvgIpc) is 2.74. The van der Waals surface area contributed by atoms with Gasteiger partial charge in [0.05, 0.1) is 20.3 Å². The van der Waals surface area contributed by atoms with E-state index in [1.807, 2.05) is 25.1 Å². The van der Waals surface area contributed by atoms with E-state index in [9.17, 15) is 9.59 Å². The fourth-order valence-corrected chi connectivity index (χ4v) is 3.35. The number of rotatable bonds is 7. The summed E-state index contributed by atoms with van der Waals surface area (Å²) >= 11 is 0. The fraction of sp³-hybridized carbons (Fsp3) is 0.364. The van der Waals surface area contributed by atoms with Gasteiger partial charge in [0, 0.05) is 37.4 Å². The normalized spacial score (nSPS) is 14.1. The lowest BCUT2D eigenvalue weighted by atomic mass is 10.1. The third-order valence-corrected chi connectivity index (χ3v) is 4.87. The van der Waals surface area contributed by atoms with Crippen molar-refractivity contribution >= 4 is 29.8 Å². The summed E-state index contributed by atoms with van der Waals surface area (Å²) in [6.45, 7) is 6.01. The van der Waals surface area contributed by atoms with Crippen LogP contribution in [-0.2, 0) is 4.74 Å². The number of ketones is 1. The van der Waals surface area contributed by atoms with Crippen molar-refractivity contribution in [3.8, 4) is 5.75 Å². The predicted molar refractivity (Wildman–Crippen MR) is 116 cm³/mol. The van der Waals surface area contributed by atoms with Gasteiger partial charge in [-0.1, -0.05) is 18.2 Å². The van der Waals surface area contributed by atoms with Crippen LogP contribution in [0.15, 0.2) is 48.5 Å². The van der Waals surface area contributed by atoms with Gasteiger partial charge < -0.3 is 14.4 Å². The monoisotopic (exact) mass is 418 g/mol. The summed E-state index contributed by atoms with van der Waals surface area (Å²) in [6, 6.07) is 15.2. The number of para-hydroxylation sites is 1. The smallest absolute Gasteiger partial charge is 0.341 e.